The topological polar surface area (TPSA) is 48.4 Å². The smallest absolute Gasteiger partial charge is 0.342 e. The Hall–Kier alpha value is -3.66. The molecule has 0 saturated heterocycles. The number of carbonyl (C=O) groups is 1. The molecule has 4 heteroatoms. The first-order chi connectivity index (χ1) is 13.7. The number of nitrogens with zero attached hydrogens (tertiary/aromatic N) is 1. The molecule has 1 aromatic heterocycles. The molecule has 4 aromatic rings. The van der Waals surface area contributed by atoms with E-state index < -0.39 is 11.8 Å². The average Bonchev–Trinajstić information content (AvgIpc) is 3.02. The van der Waals surface area contributed by atoms with Gasteiger partial charge in [-0.05, 0) is 31.2 Å². The number of esters is 1. The molecule has 0 spiro atoms. The minimum absolute atomic E-state index is 0.399. The average molecular weight is 367 g/mol. The zero-order valence-electron chi connectivity index (χ0n) is 15.3. The highest BCUT2D eigenvalue weighted by molar-refractivity contribution is 5.95. The maximum Gasteiger partial charge on any atom is 0.342 e. The molecule has 0 fully saturated rings. The summed E-state index contributed by atoms with van der Waals surface area (Å²) in [5, 5.41) is 0.962. The second-order valence-electron chi connectivity index (χ2n) is 6.80. The second kappa shape index (κ2) is 6.20. The molecule has 0 unspecified atom stereocenters. The fourth-order valence-corrected chi connectivity index (χ4v) is 3.65. The van der Waals surface area contributed by atoms with Crippen molar-refractivity contribution in [1.29, 1.82) is 0 Å². The fourth-order valence-electron chi connectivity index (χ4n) is 3.65. The van der Waals surface area contributed by atoms with E-state index in [0.717, 1.165) is 22.2 Å². The molecule has 0 N–H and O–H groups in total. The molecule has 1 aliphatic rings. The Morgan fingerprint density at radius 1 is 0.857 bits per heavy atom. The van der Waals surface area contributed by atoms with Crippen LogP contribution in [0.25, 0.3) is 10.9 Å². The van der Waals surface area contributed by atoms with Crippen LogP contribution in [-0.2, 0) is 10.5 Å². The number of para-hydroxylation sites is 1. The summed E-state index contributed by atoms with van der Waals surface area (Å²) in [6, 6.07) is 26.6. The van der Waals surface area contributed by atoms with E-state index >= 15 is 0 Å². The number of aromatic nitrogens is 1. The van der Waals surface area contributed by atoms with E-state index in [4.69, 9.17) is 9.47 Å². The van der Waals surface area contributed by atoms with Gasteiger partial charge in [0.25, 0.3) is 0 Å². The van der Waals surface area contributed by atoms with Gasteiger partial charge in [0.15, 0.2) is 5.75 Å². The first-order valence-electron chi connectivity index (χ1n) is 9.11. The van der Waals surface area contributed by atoms with Crippen molar-refractivity contribution >= 4 is 16.9 Å². The molecule has 0 aliphatic carbocycles. The number of fused-ring (bicyclic) bond motifs is 2. The van der Waals surface area contributed by atoms with Crippen molar-refractivity contribution in [3.63, 3.8) is 0 Å². The summed E-state index contributed by atoms with van der Waals surface area (Å²) in [5.74, 6) is -1.19. The maximum absolute atomic E-state index is 12.6. The van der Waals surface area contributed by atoms with Crippen LogP contribution in [0.5, 0.6) is 5.75 Å². The van der Waals surface area contributed by atoms with Crippen LogP contribution >= 0.6 is 0 Å². The Labute approximate surface area is 162 Å². The van der Waals surface area contributed by atoms with Crippen molar-refractivity contribution in [2.24, 2.45) is 0 Å². The summed E-state index contributed by atoms with van der Waals surface area (Å²) >= 11 is 0. The first-order valence-corrected chi connectivity index (χ1v) is 9.11. The lowest BCUT2D eigenvalue weighted by Crippen LogP contribution is -2.35. The van der Waals surface area contributed by atoms with Crippen molar-refractivity contribution < 1.29 is 14.3 Å². The lowest BCUT2D eigenvalue weighted by atomic mass is 9.95. The van der Waals surface area contributed by atoms with E-state index in [-0.39, 0.29) is 0 Å². The Balaban J connectivity index is 1.75. The summed E-state index contributed by atoms with van der Waals surface area (Å²) in [6.45, 7) is 1.94. The fraction of sp³-hybridized carbons (Fsp3) is 0.0833. The SMILES string of the molecule is Cc1ccc2cccc(O[C@]3(c4ccccc4)OC(=O)c4ccccc43)c2n1. The van der Waals surface area contributed by atoms with Gasteiger partial charge < -0.3 is 9.47 Å². The molecule has 0 saturated carbocycles. The molecule has 2 heterocycles. The van der Waals surface area contributed by atoms with E-state index in [2.05, 4.69) is 4.98 Å². The van der Waals surface area contributed by atoms with Crippen molar-refractivity contribution in [3.8, 4) is 5.75 Å². The molecule has 28 heavy (non-hydrogen) atoms. The van der Waals surface area contributed by atoms with Crippen molar-refractivity contribution in [3.05, 3.63) is 107 Å². The van der Waals surface area contributed by atoms with Gasteiger partial charge in [-0.1, -0.05) is 60.7 Å². The van der Waals surface area contributed by atoms with E-state index in [1.54, 1.807) is 6.07 Å². The third-order valence-corrected chi connectivity index (χ3v) is 4.97. The summed E-state index contributed by atoms with van der Waals surface area (Å²) in [4.78, 5) is 17.3. The largest absolute Gasteiger partial charge is 0.442 e. The lowest BCUT2D eigenvalue weighted by molar-refractivity contribution is -0.108. The Kier molecular flexibility index (Phi) is 3.66. The van der Waals surface area contributed by atoms with Crippen molar-refractivity contribution in [2.75, 3.05) is 0 Å². The van der Waals surface area contributed by atoms with E-state index in [9.17, 15) is 4.79 Å². The third-order valence-electron chi connectivity index (χ3n) is 4.97. The highest BCUT2D eigenvalue weighted by Gasteiger charge is 2.49. The van der Waals surface area contributed by atoms with Gasteiger partial charge in [0.1, 0.15) is 5.52 Å². The zero-order valence-corrected chi connectivity index (χ0v) is 15.3. The van der Waals surface area contributed by atoms with E-state index in [0.29, 0.717) is 16.9 Å². The number of pyridine rings is 1. The van der Waals surface area contributed by atoms with Crippen molar-refractivity contribution in [2.45, 2.75) is 12.7 Å². The zero-order chi connectivity index (χ0) is 19.1. The summed E-state index contributed by atoms with van der Waals surface area (Å²) < 4.78 is 12.4. The van der Waals surface area contributed by atoms with Crippen LogP contribution in [0.15, 0.2) is 84.9 Å². The van der Waals surface area contributed by atoms with E-state index in [1.165, 1.54) is 0 Å². The monoisotopic (exact) mass is 367 g/mol. The normalized spacial score (nSPS) is 18.0. The summed E-state index contributed by atoms with van der Waals surface area (Å²) in [6.07, 6.45) is 0. The molecular formula is C24H17NO3. The maximum atomic E-state index is 12.6. The molecule has 136 valence electrons. The molecular weight excluding hydrogens is 350 g/mol. The second-order valence-corrected chi connectivity index (χ2v) is 6.80. The number of cyclic esters (lactones) is 1. The molecule has 1 atom stereocenters. The van der Waals surface area contributed by atoms with Crippen LogP contribution in [-0.4, -0.2) is 11.0 Å². The molecule has 1 aliphatic heterocycles. The molecule has 4 nitrogen and oxygen atoms in total. The van der Waals surface area contributed by atoms with Gasteiger partial charge in [0.2, 0.25) is 0 Å². The number of hydrogen-bond donors (Lipinski definition) is 0. The Morgan fingerprint density at radius 2 is 1.64 bits per heavy atom. The number of benzene rings is 3. The van der Waals surface area contributed by atoms with Crippen LogP contribution < -0.4 is 4.74 Å². The standard InChI is InChI=1S/C24H17NO3/c1-16-14-15-17-8-7-13-21(22(17)25-16)27-24(18-9-3-2-4-10-18)20-12-6-5-11-19(20)23(26)28-24/h2-15H,1H3/t24-/m1/s1. The molecule has 0 bridgehead atoms. The molecule has 0 amide bonds. The van der Waals surface area contributed by atoms with Gasteiger partial charge in [-0.15, -0.1) is 0 Å². The van der Waals surface area contributed by atoms with Crippen LogP contribution in [0.2, 0.25) is 0 Å². The lowest BCUT2D eigenvalue weighted by Gasteiger charge is -2.30. The number of hydrogen-bond acceptors (Lipinski definition) is 4. The Bertz CT molecular complexity index is 1200. The third kappa shape index (κ3) is 2.46. The van der Waals surface area contributed by atoms with Crippen LogP contribution in [0.1, 0.15) is 27.2 Å². The highest BCUT2D eigenvalue weighted by atomic mass is 16.7. The number of aryl methyl sites for hydroxylation is 1. The van der Waals surface area contributed by atoms with Gasteiger partial charge in [-0.25, -0.2) is 9.78 Å². The van der Waals surface area contributed by atoms with Crippen LogP contribution in [0.4, 0.5) is 0 Å². The van der Waals surface area contributed by atoms with Gasteiger partial charge in [0, 0.05) is 16.6 Å². The van der Waals surface area contributed by atoms with Crippen molar-refractivity contribution in [1.82, 2.24) is 4.98 Å². The van der Waals surface area contributed by atoms with Gasteiger partial charge in [-0.3, -0.25) is 0 Å². The van der Waals surface area contributed by atoms with Gasteiger partial charge in [-0.2, -0.15) is 0 Å². The number of carbonyl (C=O) groups excluding carboxylic acids is 1. The summed E-state index contributed by atoms with van der Waals surface area (Å²) in [7, 11) is 0. The quantitative estimate of drug-likeness (QED) is 0.479. The number of rotatable bonds is 3. The highest BCUT2D eigenvalue weighted by Crippen LogP contribution is 2.44. The Morgan fingerprint density at radius 3 is 2.50 bits per heavy atom. The minimum atomic E-state index is -1.35. The van der Waals surface area contributed by atoms with E-state index in [1.807, 2.05) is 85.8 Å². The summed E-state index contributed by atoms with van der Waals surface area (Å²) in [5.41, 5.74) is 3.57. The van der Waals surface area contributed by atoms with Crippen LogP contribution in [0.3, 0.4) is 0 Å². The predicted octanol–water partition coefficient (Wildman–Crippen LogP) is 4.99. The first kappa shape index (κ1) is 16.5. The van der Waals surface area contributed by atoms with Crippen LogP contribution in [0, 0.1) is 6.92 Å². The molecule has 0 radical (unpaired) electrons. The van der Waals surface area contributed by atoms with Gasteiger partial charge in [0.05, 0.1) is 11.1 Å². The molecule has 5 rings (SSSR count). The minimum Gasteiger partial charge on any atom is -0.442 e. The molecule has 3 aromatic carbocycles. The van der Waals surface area contributed by atoms with Gasteiger partial charge >= 0.3 is 11.8 Å². The number of ether oxygens (including phenoxy) is 2. The predicted molar refractivity (Wildman–Crippen MR) is 106 cm³/mol.